The standard InChI is InChI=1S/C12H18N4O2S/c1-16(9(5-17)6-19-2)4-8-3-13-11-10(8)14-7-15-12(11)18/h3,7,9,13,17H,4-6H2,1-2H3,(H,14,15,18)/t9-/m1/s1. The van der Waals surface area contributed by atoms with Crippen molar-refractivity contribution in [3.8, 4) is 0 Å². The predicted molar refractivity (Wildman–Crippen MR) is 77.4 cm³/mol. The monoisotopic (exact) mass is 282 g/mol. The third-order valence-corrected chi connectivity index (χ3v) is 3.88. The highest BCUT2D eigenvalue weighted by Gasteiger charge is 2.16. The van der Waals surface area contributed by atoms with Crippen molar-refractivity contribution < 1.29 is 5.11 Å². The zero-order valence-corrected chi connectivity index (χ0v) is 11.8. The highest BCUT2D eigenvalue weighted by Crippen LogP contribution is 2.15. The maximum atomic E-state index is 11.6. The quantitative estimate of drug-likeness (QED) is 0.714. The van der Waals surface area contributed by atoms with Gasteiger partial charge in [-0.05, 0) is 13.3 Å². The van der Waals surface area contributed by atoms with Crippen LogP contribution in [0.15, 0.2) is 17.3 Å². The fourth-order valence-electron chi connectivity index (χ4n) is 2.03. The number of H-pyrrole nitrogens is 2. The maximum absolute atomic E-state index is 11.6. The first kappa shape index (κ1) is 14.1. The lowest BCUT2D eigenvalue weighted by Crippen LogP contribution is -2.36. The van der Waals surface area contributed by atoms with Gasteiger partial charge in [-0.2, -0.15) is 11.8 Å². The summed E-state index contributed by atoms with van der Waals surface area (Å²) in [6.45, 7) is 0.760. The molecule has 104 valence electrons. The topological polar surface area (TPSA) is 85.0 Å². The number of likely N-dealkylation sites (N-methyl/N-ethyl adjacent to an activating group) is 1. The molecular formula is C12H18N4O2S. The number of aliphatic hydroxyl groups excluding tert-OH is 1. The Morgan fingerprint density at radius 1 is 1.53 bits per heavy atom. The van der Waals surface area contributed by atoms with E-state index in [9.17, 15) is 9.90 Å². The summed E-state index contributed by atoms with van der Waals surface area (Å²) in [4.78, 5) is 23.4. The molecule has 0 aromatic carbocycles. The van der Waals surface area contributed by atoms with Gasteiger partial charge >= 0.3 is 0 Å². The molecule has 0 saturated carbocycles. The van der Waals surface area contributed by atoms with Crippen molar-refractivity contribution in [2.45, 2.75) is 12.6 Å². The van der Waals surface area contributed by atoms with Crippen molar-refractivity contribution in [3.63, 3.8) is 0 Å². The molecule has 0 aliphatic heterocycles. The average Bonchev–Trinajstić information content (AvgIpc) is 2.80. The first-order valence-corrected chi connectivity index (χ1v) is 7.40. The summed E-state index contributed by atoms with van der Waals surface area (Å²) < 4.78 is 0. The Kier molecular flexibility index (Phi) is 4.62. The summed E-state index contributed by atoms with van der Waals surface area (Å²) in [6, 6.07) is 0.0990. The van der Waals surface area contributed by atoms with Gasteiger partial charge in [0.15, 0.2) is 0 Å². The SMILES string of the molecule is CSC[C@@H](CO)N(C)Cc1c[nH]c2c(=O)[nH]cnc12. The molecule has 2 rings (SSSR count). The van der Waals surface area contributed by atoms with Crippen molar-refractivity contribution in [2.75, 3.05) is 25.7 Å². The molecule has 0 bridgehead atoms. The lowest BCUT2D eigenvalue weighted by Gasteiger charge is -2.25. The largest absolute Gasteiger partial charge is 0.395 e. The fraction of sp³-hybridized carbons (Fsp3) is 0.500. The number of aliphatic hydroxyl groups is 1. The smallest absolute Gasteiger partial charge is 0.275 e. The molecular weight excluding hydrogens is 264 g/mol. The molecule has 0 spiro atoms. The van der Waals surface area contributed by atoms with Gasteiger partial charge in [0.25, 0.3) is 5.56 Å². The highest BCUT2D eigenvalue weighted by molar-refractivity contribution is 7.98. The van der Waals surface area contributed by atoms with Crippen LogP contribution in [0.4, 0.5) is 0 Å². The molecule has 1 atom stereocenters. The van der Waals surface area contributed by atoms with E-state index in [0.29, 0.717) is 17.6 Å². The molecule has 0 aliphatic rings. The van der Waals surface area contributed by atoms with Crippen LogP contribution in [0.3, 0.4) is 0 Å². The van der Waals surface area contributed by atoms with E-state index in [1.165, 1.54) is 6.33 Å². The van der Waals surface area contributed by atoms with Gasteiger partial charge in [0.1, 0.15) is 5.52 Å². The first-order valence-electron chi connectivity index (χ1n) is 6.01. The summed E-state index contributed by atoms with van der Waals surface area (Å²) >= 11 is 1.70. The third kappa shape index (κ3) is 2.99. The number of fused-ring (bicyclic) bond motifs is 1. The molecule has 2 aromatic heterocycles. The van der Waals surface area contributed by atoms with Crippen LogP contribution in [-0.4, -0.2) is 56.7 Å². The summed E-state index contributed by atoms with van der Waals surface area (Å²) in [6.07, 6.45) is 5.23. The second kappa shape index (κ2) is 6.23. The lowest BCUT2D eigenvalue weighted by atomic mass is 10.2. The van der Waals surface area contributed by atoms with Gasteiger partial charge < -0.3 is 15.1 Å². The second-order valence-electron chi connectivity index (χ2n) is 4.48. The van der Waals surface area contributed by atoms with E-state index < -0.39 is 0 Å². The van der Waals surface area contributed by atoms with Crippen LogP contribution >= 0.6 is 11.8 Å². The maximum Gasteiger partial charge on any atom is 0.275 e. The van der Waals surface area contributed by atoms with E-state index in [2.05, 4.69) is 19.9 Å². The minimum atomic E-state index is -0.165. The predicted octanol–water partition coefficient (Wildman–Crippen LogP) is 0.407. The lowest BCUT2D eigenvalue weighted by molar-refractivity contribution is 0.157. The molecule has 3 N–H and O–H groups in total. The summed E-state index contributed by atoms with van der Waals surface area (Å²) in [5.41, 5.74) is 1.98. The van der Waals surface area contributed by atoms with Gasteiger partial charge in [-0.3, -0.25) is 9.69 Å². The zero-order chi connectivity index (χ0) is 13.8. The highest BCUT2D eigenvalue weighted by atomic mass is 32.2. The molecule has 2 aromatic rings. The van der Waals surface area contributed by atoms with Gasteiger partial charge in [0, 0.05) is 30.1 Å². The van der Waals surface area contributed by atoms with Gasteiger partial charge in [-0.25, -0.2) is 4.98 Å². The van der Waals surface area contributed by atoms with E-state index >= 15 is 0 Å². The number of nitrogens with one attached hydrogen (secondary N) is 2. The first-order chi connectivity index (χ1) is 9.17. The number of aromatic amines is 2. The Morgan fingerprint density at radius 3 is 3.00 bits per heavy atom. The molecule has 0 aliphatic carbocycles. The Morgan fingerprint density at radius 2 is 2.32 bits per heavy atom. The van der Waals surface area contributed by atoms with Crippen molar-refractivity contribution in [2.24, 2.45) is 0 Å². The fourth-order valence-corrected chi connectivity index (χ4v) is 2.78. The number of thioether (sulfide) groups is 1. The zero-order valence-electron chi connectivity index (χ0n) is 11.0. The van der Waals surface area contributed by atoms with E-state index in [-0.39, 0.29) is 18.2 Å². The van der Waals surface area contributed by atoms with Crippen LogP contribution < -0.4 is 5.56 Å². The molecule has 2 heterocycles. The normalized spacial score (nSPS) is 13.3. The van der Waals surface area contributed by atoms with E-state index in [1.54, 1.807) is 18.0 Å². The number of hydrogen-bond acceptors (Lipinski definition) is 5. The summed E-state index contributed by atoms with van der Waals surface area (Å²) in [7, 11) is 1.96. The van der Waals surface area contributed by atoms with Gasteiger partial charge in [-0.15, -0.1) is 0 Å². The van der Waals surface area contributed by atoms with Crippen LogP contribution in [0.2, 0.25) is 0 Å². The van der Waals surface area contributed by atoms with E-state index in [1.807, 2.05) is 13.3 Å². The molecule has 19 heavy (non-hydrogen) atoms. The Bertz CT molecular complexity index is 595. The van der Waals surface area contributed by atoms with Crippen molar-refractivity contribution in [1.29, 1.82) is 0 Å². The van der Waals surface area contributed by atoms with Gasteiger partial charge in [-0.1, -0.05) is 0 Å². The Labute approximate surface area is 115 Å². The van der Waals surface area contributed by atoms with Crippen molar-refractivity contribution >= 4 is 22.8 Å². The number of aromatic nitrogens is 3. The molecule has 0 radical (unpaired) electrons. The molecule has 6 nitrogen and oxygen atoms in total. The molecule has 0 fully saturated rings. The van der Waals surface area contributed by atoms with E-state index in [0.717, 1.165) is 11.3 Å². The number of hydrogen-bond donors (Lipinski definition) is 3. The third-order valence-electron chi connectivity index (χ3n) is 3.16. The molecule has 7 heteroatoms. The van der Waals surface area contributed by atoms with Crippen LogP contribution in [0, 0.1) is 0 Å². The number of nitrogens with zero attached hydrogens (tertiary/aromatic N) is 2. The molecule has 0 saturated heterocycles. The summed E-state index contributed by atoms with van der Waals surface area (Å²) in [5, 5.41) is 9.38. The van der Waals surface area contributed by atoms with Crippen molar-refractivity contribution in [1.82, 2.24) is 19.9 Å². The van der Waals surface area contributed by atoms with Crippen LogP contribution in [0.5, 0.6) is 0 Å². The van der Waals surface area contributed by atoms with Crippen LogP contribution in [0.25, 0.3) is 11.0 Å². The Hall–Kier alpha value is -1.31. The van der Waals surface area contributed by atoms with E-state index in [4.69, 9.17) is 0 Å². The Balaban J connectivity index is 2.21. The molecule has 0 unspecified atom stereocenters. The minimum absolute atomic E-state index is 0.0990. The van der Waals surface area contributed by atoms with Crippen LogP contribution in [0.1, 0.15) is 5.56 Å². The minimum Gasteiger partial charge on any atom is -0.395 e. The second-order valence-corrected chi connectivity index (χ2v) is 5.39. The number of rotatable bonds is 6. The van der Waals surface area contributed by atoms with Crippen molar-refractivity contribution in [3.05, 3.63) is 28.4 Å². The van der Waals surface area contributed by atoms with Crippen LogP contribution in [-0.2, 0) is 6.54 Å². The summed E-state index contributed by atoms with van der Waals surface area (Å²) in [5.74, 6) is 0.864. The van der Waals surface area contributed by atoms with Gasteiger partial charge in [0.05, 0.1) is 18.5 Å². The average molecular weight is 282 g/mol. The van der Waals surface area contributed by atoms with Gasteiger partial charge in [0.2, 0.25) is 0 Å². The molecule has 0 amide bonds.